The Morgan fingerprint density at radius 3 is 2.69 bits per heavy atom. The van der Waals surface area contributed by atoms with Crippen LogP contribution in [0.5, 0.6) is 0 Å². The maximum atomic E-state index is 13.7. The van der Waals surface area contributed by atoms with Crippen LogP contribution in [0.2, 0.25) is 0 Å². The second-order valence-corrected chi connectivity index (χ2v) is 10.0. The number of rotatable bonds is 8. The standard InChI is InChI=1S/C26H25N5O4S/c27-36(33,34)35-16-19-10-11-20(12-19)30-26-22(13-28-17-29-26)25(32)23-15-31(14-18-6-2-1-3-7-18)24-9-5-4-8-21(23)24/h1-9,13,15,17,19H,10-12,14,16H2,(H2,27,33,34)/t19-/m1/s1. The molecule has 2 aromatic carbocycles. The highest BCUT2D eigenvalue weighted by atomic mass is 32.2. The van der Waals surface area contributed by atoms with Crippen LogP contribution in [0.3, 0.4) is 0 Å². The third kappa shape index (κ3) is 5.40. The molecule has 1 fully saturated rings. The third-order valence-corrected chi connectivity index (χ3v) is 6.73. The quantitative estimate of drug-likeness (QED) is 0.364. The van der Waals surface area contributed by atoms with Gasteiger partial charge in [0, 0.05) is 41.1 Å². The van der Waals surface area contributed by atoms with Crippen molar-refractivity contribution in [1.29, 1.82) is 0 Å². The van der Waals surface area contributed by atoms with Crippen molar-refractivity contribution in [2.75, 3.05) is 6.61 Å². The van der Waals surface area contributed by atoms with E-state index in [4.69, 9.17) is 9.32 Å². The molecule has 0 amide bonds. The van der Waals surface area contributed by atoms with Crippen molar-refractivity contribution in [1.82, 2.24) is 14.5 Å². The summed E-state index contributed by atoms with van der Waals surface area (Å²) in [7, 11) is -3.98. The summed E-state index contributed by atoms with van der Waals surface area (Å²) >= 11 is 0. The lowest BCUT2D eigenvalue weighted by Gasteiger charge is -2.07. The zero-order valence-electron chi connectivity index (χ0n) is 19.4. The van der Waals surface area contributed by atoms with Crippen molar-refractivity contribution in [2.24, 2.45) is 16.0 Å². The first-order chi connectivity index (χ1) is 17.4. The summed E-state index contributed by atoms with van der Waals surface area (Å²) in [6, 6.07) is 17.9. The van der Waals surface area contributed by atoms with Gasteiger partial charge in [-0.3, -0.25) is 8.98 Å². The smallest absolute Gasteiger partial charge is 0.333 e. The number of aliphatic imine (C=N–C) groups is 1. The van der Waals surface area contributed by atoms with Gasteiger partial charge in [0.15, 0.2) is 5.82 Å². The van der Waals surface area contributed by atoms with Gasteiger partial charge >= 0.3 is 10.3 Å². The first-order valence-corrected chi connectivity index (χ1v) is 13.0. The van der Waals surface area contributed by atoms with Gasteiger partial charge in [-0.2, -0.15) is 8.42 Å². The fourth-order valence-electron chi connectivity index (χ4n) is 4.55. The van der Waals surface area contributed by atoms with Crippen LogP contribution in [-0.2, 0) is 21.0 Å². The summed E-state index contributed by atoms with van der Waals surface area (Å²) in [5.74, 6) is 0.0852. The van der Waals surface area contributed by atoms with Gasteiger partial charge in [0.1, 0.15) is 6.33 Å². The molecule has 2 aromatic heterocycles. The Morgan fingerprint density at radius 2 is 1.89 bits per heavy atom. The highest BCUT2D eigenvalue weighted by molar-refractivity contribution is 7.84. The highest BCUT2D eigenvalue weighted by Gasteiger charge is 2.25. The van der Waals surface area contributed by atoms with Crippen molar-refractivity contribution in [3.05, 3.63) is 90.0 Å². The van der Waals surface area contributed by atoms with Crippen molar-refractivity contribution in [2.45, 2.75) is 25.8 Å². The number of hydrogen-bond acceptors (Lipinski definition) is 7. The fourth-order valence-corrected chi connectivity index (χ4v) is 4.93. The summed E-state index contributed by atoms with van der Waals surface area (Å²) in [4.78, 5) is 26.8. The average molecular weight is 504 g/mol. The van der Waals surface area contributed by atoms with Crippen molar-refractivity contribution in [3.63, 3.8) is 0 Å². The van der Waals surface area contributed by atoms with Gasteiger partial charge in [0.25, 0.3) is 0 Å². The van der Waals surface area contributed by atoms with E-state index in [2.05, 4.69) is 31.7 Å². The van der Waals surface area contributed by atoms with Crippen molar-refractivity contribution >= 4 is 38.5 Å². The summed E-state index contributed by atoms with van der Waals surface area (Å²) < 4.78 is 29.0. The summed E-state index contributed by atoms with van der Waals surface area (Å²) in [6.07, 6.45) is 6.66. The Hall–Kier alpha value is -3.73. The van der Waals surface area contributed by atoms with Crippen molar-refractivity contribution < 1.29 is 17.4 Å². The van der Waals surface area contributed by atoms with E-state index in [1.807, 2.05) is 48.7 Å². The molecule has 0 unspecified atom stereocenters. The molecule has 0 aliphatic heterocycles. The van der Waals surface area contributed by atoms with E-state index < -0.39 is 10.3 Å². The second kappa shape index (κ2) is 10.1. The average Bonchev–Trinajstić information content (AvgIpc) is 3.48. The first-order valence-electron chi connectivity index (χ1n) is 11.6. The van der Waals surface area contributed by atoms with E-state index in [1.54, 1.807) is 0 Å². The Labute approximate surface area is 208 Å². The molecule has 1 saturated carbocycles. The largest absolute Gasteiger partial charge is 0.342 e. The zero-order chi connectivity index (χ0) is 25.1. The highest BCUT2D eigenvalue weighted by Crippen LogP contribution is 2.30. The summed E-state index contributed by atoms with van der Waals surface area (Å²) in [5.41, 5.74) is 3.80. The van der Waals surface area contributed by atoms with Crippen LogP contribution in [0, 0.1) is 5.92 Å². The van der Waals surface area contributed by atoms with Crippen molar-refractivity contribution in [3.8, 4) is 0 Å². The number of hydrogen-bond donors (Lipinski definition) is 1. The molecule has 36 heavy (non-hydrogen) atoms. The van der Waals surface area contributed by atoms with Crippen LogP contribution in [0.4, 0.5) is 5.82 Å². The van der Waals surface area contributed by atoms with E-state index in [-0.39, 0.29) is 18.3 Å². The molecule has 2 N–H and O–H groups in total. The number of nitrogens with two attached hydrogens (primary N) is 1. The molecule has 1 atom stereocenters. The summed E-state index contributed by atoms with van der Waals surface area (Å²) in [5, 5.41) is 5.78. The molecule has 0 spiro atoms. The second-order valence-electron chi connectivity index (χ2n) is 8.83. The molecule has 0 radical (unpaired) electrons. The lowest BCUT2D eigenvalue weighted by atomic mass is 10.0. The number of benzene rings is 2. The first kappa shape index (κ1) is 24.0. The van der Waals surface area contributed by atoms with Gasteiger partial charge in [0.05, 0.1) is 12.2 Å². The molecular formula is C26H25N5O4S. The third-order valence-electron chi connectivity index (χ3n) is 6.26. The van der Waals surface area contributed by atoms with Crippen LogP contribution in [0.25, 0.3) is 10.9 Å². The minimum absolute atomic E-state index is 0.00827. The number of carbonyl (C=O) groups is 1. The summed E-state index contributed by atoms with van der Waals surface area (Å²) in [6.45, 7) is 0.644. The monoisotopic (exact) mass is 503 g/mol. The van der Waals surface area contributed by atoms with E-state index in [9.17, 15) is 13.2 Å². The minimum atomic E-state index is -3.98. The Morgan fingerprint density at radius 1 is 1.11 bits per heavy atom. The van der Waals surface area contributed by atoms with Gasteiger partial charge in [-0.15, -0.1) is 0 Å². The number of ketones is 1. The van der Waals surface area contributed by atoms with Crippen LogP contribution < -0.4 is 5.14 Å². The van der Waals surface area contributed by atoms with Gasteiger partial charge in [-0.1, -0.05) is 48.5 Å². The Bertz CT molecular complexity index is 1550. The number of nitrogens with zero attached hydrogens (tertiary/aromatic N) is 4. The molecule has 9 nitrogen and oxygen atoms in total. The molecule has 1 aliphatic rings. The maximum absolute atomic E-state index is 13.7. The fraction of sp³-hybridized carbons (Fsp3) is 0.231. The molecular weight excluding hydrogens is 478 g/mol. The lowest BCUT2D eigenvalue weighted by molar-refractivity contribution is 0.104. The molecule has 1 aliphatic carbocycles. The molecule has 5 rings (SSSR count). The Kier molecular flexibility index (Phi) is 6.73. The van der Waals surface area contributed by atoms with E-state index in [0.717, 1.165) is 28.6 Å². The molecule has 10 heteroatoms. The van der Waals surface area contributed by atoms with Gasteiger partial charge in [-0.05, 0) is 36.8 Å². The minimum Gasteiger partial charge on any atom is -0.342 e. The molecule has 2 heterocycles. The van der Waals surface area contributed by atoms with Crippen LogP contribution in [0.1, 0.15) is 40.7 Å². The lowest BCUT2D eigenvalue weighted by Crippen LogP contribution is -2.19. The van der Waals surface area contributed by atoms with E-state index >= 15 is 0 Å². The maximum Gasteiger partial charge on any atom is 0.333 e. The molecule has 0 saturated heterocycles. The SMILES string of the molecule is NS(=O)(=O)OC[C@@H]1CCC(=Nc2ncncc2C(=O)c2cn(Cc3ccccc3)c3ccccc23)C1. The number of aromatic nitrogens is 3. The van der Waals surface area contributed by atoms with Crippen LogP contribution >= 0.6 is 0 Å². The normalized spacial score (nSPS) is 17.1. The topological polar surface area (TPSA) is 130 Å². The molecule has 4 aromatic rings. The van der Waals surface area contributed by atoms with Gasteiger partial charge < -0.3 is 4.57 Å². The Balaban J connectivity index is 1.44. The predicted molar refractivity (Wildman–Crippen MR) is 136 cm³/mol. The number of para-hydroxylation sites is 1. The number of fused-ring (bicyclic) bond motifs is 1. The molecule has 184 valence electrons. The van der Waals surface area contributed by atoms with E-state index in [1.165, 1.54) is 12.5 Å². The van der Waals surface area contributed by atoms with Crippen LogP contribution in [0.15, 0.2) is 78.3 Å². The zero-order valence-corrected chi connectivity index (χ0v) is 20.3. The van der Waals surface area contributed by atoms with E-state index in [0.29, 0.717) is 36.3 Å². The number of carbonyl (C=O) groups excluding carboxylic acids is 1. The van der Waals surface area contributed by atoms with Crippen LogP contribution in [-0.4, -0.2) is 41.1 Å². The van der Waals surface area contributed by atoms with Gasteiger partial charge in [-0.25, -0.2) is 20.1 Å². The molecule has 0 bridgehead atoms. The van der Waals surface area contributed by atoms with Gasteiger partial charge in [0.2, 0.25) is 5.78 Å². The predicted octanol–water partition coefficient (Wildman–Crippen LogP) is 3.80.